The van der Waals surface area contributed by atoms with E-state index in [0.717, 1.165) is 5.25 Å². The normalized spacial score (nSPS) is 21.7. The molecule has 1 heterocycles. The fourth-order valence-electron chi connectivity index (χ4n) is 1.60. The SMILES string of the molecule is CC[C@H]1SCc2ccccc21. The standard InChI is InChI=1S/C10H12S/c1-2-10-9-6-4-3-5-8(9)7-11-10/h3-6,10H,2,7H2,1H3/t10-/m1/s1. The number of hydrogen-bond acceptors (Lipinski definition) is 1. The van der Waals surface area contributed by atoms with Crippen molar-refractivity contribution in [3.05, 3.63) is 35.4 Å². The second kappa shape index (κ2) is 2.90. The Hall–Kier alpha value is -0.430. The molecule has 0 amide bonds. The molecule has 0 saturated heterocycles. The molecule has 0 bridgehead atoms. The number of hydrogen-bond donors (Lipinski definition) is 0. The van der Waals surface area contributed by atoms with Crippen molar-refractivity contribution in [1.29, 1.82) is 0 Å². The van der Waals surface area contributed by atoms with Gasteiger partial charge in [0.05, 0.1) is 0 Å². The Bertz CT molecular complexity index is 255. The molecule has 1 atom stereocenters. The van der Waals surface area contributed by atoms with Gasteiger partial charge in [-0.05, 0) is 17.5 Å². The Kier molecular flexibility index (Phi) is 1.91. The van der Waals surface area contributed by atoms with Gasteiger partial charge in [0, 0.05) is 11.0 Å². The summed E-state index contributed by atoms with van der Waals surface area (Å²) in [6, 6.07) is 8.80. The van der Waals surface area contributed by atoms with E-state index in [2.05, 4.69) is 43.0 Å². The second-order valence-corrected chi connectivity index (χ2v) is 4.10. The smallest absolute Gasteiger partial charge is 0.0301 e. The lowest BCUT2D eigenvalue weighted by molar-refractivity contribution is 0.904. The number of fused-ring (bicyclic) bond motifs is 1. The minimum Gasteiger partial charge on any atom is -0.149 e. The first-order valence-electron chi connectivity index (χ1n) is 4.11. The molecule has 1 aliphatic rings. The summed E-state index contributed by atoms with van der Waals surface area (Å²) in [5.74, 6) is 1.22. The molecule has 11 heavy (non-hydrogen) atoms. The molecule has 0 saturated carbocycles. The van der Waals surface area contributed by atoms with Crippen molar-refractivity contribution in [2.45, 2.75) is 24.3 Å². The van der Waals surface area contributed by atoms with Gasteiger partial charge < -0.3 is 0 Å². The van der Waals surface area contributed by atoms with Crippen LogP contribution < -0.4 is 0 Å². The first-order chi connectivity index (χ1) is 5.42. The first-order valence-corrected chi connectivity index (χ1v) is 5.16. The zero-order chi connectivity index (χ0) is 7.68. The fourth-order valence-corrected chi connectivity index (χ4v) is 2.89. The molecule has 0 spiro atoms. The maximum absolute atomic E-state index is 2.27. The highest BCUT2D eigenvalue weighted by molar-refractivity contribution is 7.99. The molecule has 0 fully saturated rings. The third-order valence-corrected chi connectivity index (χ3v) is 3.68. The molecule has 1 aromatic rings. The van der Waals surface area contributed by atoms with E-state index in [1.807, 2.05) is 0 Å². The van der Waals surface area contributed by atoms with Crippen LogP contribution in [0.25, 0.3) is 0 Å². The molecular formula is C10H12S. The van der Waals surface area contributed by atoms with Crippen LogP contribution in [0, 0.1) is 0 Å². The summed E-state index contributed by atoms with van der Waals surface area (Å²) in [5, 5.41) is 0.770. The topological polar surface area (TPSA) is 0 Å². The van der Waals surface area contributed by atoms with Gasteiger partial charge in [-0.2, -0.15) is 0 Å². The monoisotopic (exact) mass is 164 g/mol. The Balaban J connectivity index is 2.39. The van der Waals surface area contributed by atoms with E-state index in [0.29, 0.717) is 0 Å². The predicted octanol–water partition coefficient (Wildman–Crippen LogP) is 3.38. The maximum Gasteiger partial charge on any atom is 0.0301 e. The van der Waals surface area contributed by atoms with Crippen molar-refractivity contribution in [1.82, 2.24) is 0 Å². The highest BCUT2D eigenvalue weighted by atomic mass is 32.2. The van der Waals surface area contributed by atoms with Crippen LogP contribution in [0.2, 0.25) is 0 Å². The third kappa shape index (κ3) is 1.18. The van der Waals surface area contributed by atoms with Crippen molar-refractivity contribution >= 4 is 11.8 Å². The molecular weight excluding hydrogens is 152 g/mol. The highest BCUT2D eigenvalue weighted by Crippen LogP contribution is 2.43. The van der Waals surface area contributed by atoms with Crippen molar-refractivity contribution in [3.63, 3.8) is 0 Å². The predicted molar refractivity (Wildman–Crippen MR) is 50.8 cm³/mol. The van der Waals surface area contributed by atoms with E-state index in [-0.39, 0.29) is 0 Å². The number of thioether (sulfide) groups is 1. The van der Waals surface area contributed by atoms with E-state index in [4.69, 9.17) is 0 Å². The van der Waals surface area contributed by atoms with Crippen molar-refractivity contribution in [2.24, 2.45) is 0 Å². The van der Waals surface area contributed by atoms with Gasteiger partial charge >= 0.3 is 0 Å². The Morgan fingerprint density at radius 3 is 3.09 bits per heavy atom. The van der Waals surface area contributed by atoms with Crippen LogP contribution in [-0.4, -0.2) is 0 Å². The maximum atomic E-state index is 2.27. The van der Waals surface area contributed by atoms with Crippen LogP contribution in [0.4, 0.5) is 0 Å². The Morgan fingerprint density at radius 2 is 2.27 bits per heavy atom. The van der Waals surface area contributed by atoms with E-state index >= 15 is 0 Å². The van der Waals surface area contributed by atoms with Gasteiger partial charge in [0.25, 0.3) is 0 Å². The van der Waals surface area contributed by atoms with Crippen molar-refractivity contribution in [2.75, 3.05) is 0 Å². The van der Waals surface area contributed by atoms with Gasteiger partial charge in [-0.25, -0.2) is 0 Å². The van der Waals surface area contributed by atoms with Crippen molar-refractivity contribution < 1.29 is 0 Å². The number of rotatable bonds is 1. The van der Waals surface area contributed by atoms with Crippen LogP contribution in [0.15, 0.2) is 24.3 Å². The van der Waals surface area contributed by atoms with E-state index in [9.17, 15) is 0 Å². The van der Waals surface area contributed by atoms with Crippen LogP contribution in [0.5, 0.6) is 0 Å². The van der Waals surface area contributed by atoms with Gasteiger partial charge in [-0.3, -0.25) is 0 Å². The summed E-state index contributed by atoms with van der Waals surface area (Å²) in [5.41, 5.74) is 3.12. The number of benzene rings is 1. The average molecular weight is 164 g/mol. The molecule has 0 nitrogen and oxygen atoms in total. The van der Waals surface area contributed by atoms with Gasteiger partial charge in [-0.15, -0.1) is 11.8 Å². The highest BCUT2D eigenvalue weighted by Gasteiger charge is 2.19. The summed E-state index contributed by atoms with van der Waals surface area (Å²) in [6.07, 6.45) is 1.27. The van der Waals surface area contributed by atoms with Gasteiger partial charge in [0.2, 0.25) is 0 Å². The van der Waals surface area contributed by atoms with Gasteiger partial charge in [-0.1, -0.05) is 31.2 Å². The molecule has 0 unspecified atom stereocenters. The summed E-state index contributed by atoms with van der Waals surface area (Å²) in [4.78, 5) is 0. The molecule has 2 rings (SSSR count). The van der Waals surface area contributed by atoms with Crippen LogP contribution >= 0.6 is 11.8 Å². The molecule has 1 aromatic carbocycles. The Morgan fingerprint density at radius 1 is 1.45 bits per heavy atom. The fraction of sp³-hybridized carbons (Fsp3) is 0.400. The third-order valence-electron chi connectivity index (χ3n) is 2.21. The van der Waals surface area contributed by atoms with Gasteiger partial charge in [0.15, 0.2) is 0 Å². The molecule has 0 aromatic heterocycles. The first kappa shape index (κ1) is 7.23. The zero-order valence-corrected chi connectivity index (χ0v) is 7.53. The molecule has 0 N–H and O–H groups in total. The van der Waals surface area contributed by atoms with Crippen molar-refractivity contribution in [3.8, 4) is 0 Å². The molecule has 0 radical (unpaired) electrons. The van der Waals surface area contributed by atoms with Gasteiger partial charge in [0.1, 0.15) is 0 Å². The minimum atomic E-state index is 0.770. The summed E-state index contributed by atoms with van der Waals surface area (Å²) in [7, 11) is 0. The van der Waals surface area contributed by atoms with Crippen LogP contribution in [-0.2, 0) is 5.75 Å². The van der Waals surface area contributed by atoms with Crippen LogP contribution in [0.1, 0.15) is 29.7 Å². The van der Waals surface area contributed by atoms with E-state index in [1.165, 1.54) is 12.2 Å². The summed E-state index contributed by atoms with van der Waals surface area (Å²) < 4.78 is 0. The zero-order valence-electron chi connectivity index (χ0n) is 6.71. The summed E-state index contributed by atoms with van der Waals surface area (Å²) in [6.45, 7) is 2.26. The largest absolute Gasteiger partial charge is 0.149 e. The quantitative estimate of drug-likeness (QED) is 0.613. The second-order valence-electron chi connectivity index (χ2n) is 2.91. The lowest BCUT2D eigenvalue weighted by Gasteiger charge is -2.05. The molecule has 58 valence electrons. The van der Waals surface area contributed by atoms with E-state index < -0.39 is 0 Å². The molecule has 1 aliphatic heterocycles. The molecule has 1 heteroatoms. The molecule has 0 aliphatic carbocycles. The Labute approximate surface area is 72.0 Å². The lowest BCUT2D eigenvalue weighted by Crippen LogP contribution is -1.86. The lowest BCUT2D eigenvalue weighted by atomic mass is 10.1. The average Bonchev–Trinajstić information content (AvgIpc) is 2.47. The summed E-state index contributed by atoms with van der Waals surface area (Å²) >= 11 is 2.07. The minimum absolute atomic E-state index is 0.770. The van der Waals surface area contributed by atoms with Crippen LogP contribution in [0.3, 0.4) is 0 Å². The van der Waals surface area contributed by atoms with E-state index in [1.54, 1.807) is 11.1 Å².